The third-order valence-corrected chi connectivity index (χ3v) is 4.50. The Morgan fingerprint density at radius 3 is 3.00 bits per heavy atom. The highest BCUT2D eigenvalue weighted by Gasteiger charge is 2.26. The maximum atomic E-state index is 12.1. The molecule has 2 atom stereocenters. The van der Waals surface area contributed by atoms with Gasteiger partial charge in [-0.1, -0.05) is 18.0 Å². The maximum Gasteiger partial charge on any atom is 0.258 e. The molecule has 1 fully saturated rings. The fraction of sp³-hybridized carbons (Fsp3) is 0.500. The molecule has 0 aromatic carbocycles. The smallest absolute Gasteiger partial charge is 0.258 e. The third-order valence-electron chi connectivity index (χ3n) is 4.27. The Balaban J connectivity index is 1.76. The van der Waals surface area contributed by atoms with Crippen molar-refractivity contribution in [3.63, 3.8) is 0 Å². The van der Waals surface area contributed by atoms with Crippen LogP contribution < -0.4 is 5.56 Å². The van der Waals surface area contributed by atoms with Gasteiger partial charge in [-0.25, -0.2) is 4.98 Å². The van der Waals surface area contributed by atoms with Crippen LogP contribution in [0.25, 0.3) is 5.65 Å². The molecule has 0 amide bonds. The second kappa shape index (κ2) is 6.36. The Labute approximate surface area is 134 Å². The summed E-state index contributed by atoms with van der Waals surface area (Å²) in [7, 11) is 2.00. The molecule has 2 aromatic heterocycles. The van der Waals surface area contributed by atoms with Crippen molar-refractivity contribution in [2.75, 3.05) is 13.6 Å². The molecule has 0 aliphatic heterocycles. The molecule has 0 radical (unpaired) electrons. The molecule has 0 saturated heterocycles. The van der Waals surface area contributed by atoms with E-state index in [1.165, 1.54) is 4.40 Å². The minimum absolute atomic E-state index is 0.128. The molecule has 1 aliphatic rings. The van der Waals surface area contributed by atoms with Crippen LogP contribution in [0, 0.1) is 5.92 Å². The number of pyridine rings is 1. The lowest BCUT2D eigenvalue weighted by Gasteiger charge is -2.22. The van der Waals surface area contributed by atoms with Gasteiger partial charge in [0, 0.05) is 25.4 Å². The number of nitrogens with zero attached hydrogens (tertiary/aromatic N) is 3. The molecule has 6 heteroatoms. The maximum absolute atomic E-state index is 12.1. The van der Waals surface area contributed by atoms with E-state index in [1.807, 2.05) is 7.05 Å². The molecule has 2 heterocycles. The minimum atomic E-state index is -0.195. The Hall–Kier alpha value is -1.43. The highest BCUT2D eigenvalue weighted by molar-refractivity contribution is 6.30. The first-order chi connectivity index (χ1) is 10.5. The summed E-state index contributed by atoms with van der Waals surface area (Å²) in [6, 6.07) is 5.02. The SMILES string of the molecule is CN(Cc1cc(=O)n2cc(Cl)ccc2n1)CC1CCCC1O. The van der Waals surface area contributed by atoms with Crippen molar-refractivity contribution in [2.45, 2.75) is 31.9 Å². The number of rotatable bonds is 4. The summed E-state index contributed by atoms with van der Waals surface area (Å²) in [4.78, 5) is 18.8. The van der Waals surface area contributed by atoms with Gasteiger partial charge in [0.05, 0.1) is 16.8 Å². The van der Waals surface area contributed by atoms with Gasteiger partial charge in [0.1, 0.15) is 5.65 Å². The van der Waals surface area contributed by atoms with E-state index in [9.17, 15) is 9.90 Å². The molecule has 22 heavy (non-hydrogen) atoms. The van der Waals surface area contributed by atoms with E-state index in [2.05, 4.69) is 9.88 Å². The molecule has 1 N–H and O–H groups in total. The quantitative estimate of drug-likeness (QED) is 0.935. The molecule has 0 bridgehead atoms. The molecule has 5 nitrogen and oxygen atoms in total. The van der Waals surface area contributed by atoms with Crippen LogP contribution in [0.2, 0.25) is 5.02 Å². The monoisotopic (exact) mass is 321 g/mol. The average molecular weight is 322 g/mol. The fourth-order valence-electron chi connectivity index (χ4n) is 3.18. The second-order valence-corrected chi connectivity index (χ2v) is 6.55. The summed E-state index contributed by atoms with van der Waals surface area (Å²) in [5, 5.41) is 10.4. The van der Waals surface area contributed by atoms with Crippen molar-refractivity contribution >= 4 is 17.2 Å². The van der Waals surface area contributed by atoms with E-state index in [0.29, 0.717) is 23.1 Å². The van der Waals surface area contributed by atoms with Gasteiger partial charge in [-0.15, -0.1) is 0 Å². The molecular formula is C16H20ClN3O2. The number of aliphatic hydroxyl groups excluding tert-OH is 1. The van der Waals surface area contributed by atoms with E-state index >= 15 is 0 Å². The Morgan fingerprint density at radius 1 is 1.45 bits per heavy atom. The largest absolute Gasteiger partial charge is 0.393 e. The first-order valence-electron chi connectivity index (χ1n) is 7.57. The third kappa shape index (κ3) is 3.32. The van der Waals surface area contributed by atoms with Gasteiger partial charge < -0.3 is 10.0 Å². The Bertz CT molecular complexity index is 731. The molecule has 2 aromatic rings. The second-order valence-electron chi connectivity index (χ2n) is 6.12. The van der Waals surface area contributed by atoms with E-state index in [0.717, 1.165) is 31.5 Å². The highest BCUT2D eigenvalue weighted by atomic mass is 35.5. The van der Waals surface area contributed by atoms with Crippen LogP contribution in [0.4, 0.5) is 0 Å². The Kier molecular flexibility index (Phi) is 4.47. The minimum Gasteiger partial charge on any atom is -0.393 e. The number of halogens is 1. The van der Waals surface area contributed by atoms with Gasteiger partial charge in [-0.05, 0) is 37.9 Å². The first-order valence-corrected chi connectivity index (χ1v) is 7.95. The lowest BCUT2D eigenvalue weighted by atomic mass is 10.1. The zero-order valence-corrected chi connectivity index (χ0v) is 13.3. The molecule has 118 valence electrons. The molecule has 1 aliphatic carbocycles. The van der Waals surface area contributed by atoms with Gasteiger partial charge >= 0.3 is 0 Å². The average Bonchev–Trinajstić information content (AvgIpc) is 2.85. The van der Waals surface area contributed by atoms with E-state index < -0.39 is 0 Å². The molecule has 3 rings (SSSR count). The lowest BCUT2D eigenvalue weighted by molar-refractivity contribution is 0.107. The summed E-state index contributed by atoms with van der Waals surface area (Å²) >= 11 is 5.90. The van der Waals surface area contributed by atoms with Crippen molar-refractivity contribution in [1.29, 1.82) is 0 Å². The number of hydrogen-bond acceptors (Lipinski definition) is 4. The summed E-state index contributed by atoms with van der Waals surface area (Å²) < 4.78 is 1.45. The summed E-state index contributed by atoms with van der Waals surface area (Å²) in [6.45, 7) is 1.42. The van der Waals surface area contributed by atoms with Crippen molar-refractivity contribution < 1.29 is 5.11 Å². The summed E-state index contributed by atoms with van der Waals surface area (Å²) in [5.74, 6) is 0.324. The van der Waals surface area contributed by atoms with Crippen LogP contribution in [0.1, 0.15) is 25.0 Å². The molecule has 2 unspecified atom stereocenters. The normalized spacial score (nSPS) is 21.8. The van der Waals surface area contributed by atoms with Gasteiger partial charge in [-0.3, -0.25) is 9.20 Å². The van der Waals surface area contributed by atoms with Crippen molar-refractivity contribution in [3.8, 4) is 0 Å². The zero-order chi connectivity index (χ0) is 15.7. The number of hydrogen-bond donors (Lipinski definition) is 1. The molecular weight excluding hydrogens is 302 g/mol. The topological polar surface area (TPSA) is 57.8 Å². The number of aromatic nitrogens is 2. The van der Waals surface area contributed by atoms with Crippen LogP contribution in [-0.2, 0) is 6.54 Å². The fourth-order valence-corrected chi connectivity index (χ4v) is 3.34. The van der Waals surface area contributed by atoms with Crippen LogP contribution in [0.3, 0.4) is 0 Å². The van der Waals surface area contributed by atoms with Crippen LogP contribution in [0.15, 0.2) is 29.2 Å². The lowest BCUT2D eigenvalue weighted by Crippen LogP contribution is -2.30. The summed E-state index contributed by atoms with van der Waals surface area (Å²) in [5.41, 5.74) is 1.21. The van der Waals surface area contributed by atoms with E-state index in [-0.39, 0.29) is 11.7 Å². The summed E-state index contributed by atoms with van der Waals surface area (Å²) in [6.07, 6.45) is 4.44. The van der Waals surface area contributed by atoms with Gasteiger partial charge in [0.15, 0.2) is 0 Å². The van der Waals surface area contributed by atoms with Gasteiger partial charge in [-0.2, -0.15) is 0 Å². The van der Waals surface area contributed by atoms with Gasteiger partial charge in [0.25, 0.3) is 5.56 Å². The number of fused-ring (bicyclic) bond motifs is 1. The van der Waals surface area contributed by atoms with Crippen LogP contribution in [-0.4, -0.2) is 39.1 Å². The van der Waals surface area contributed by atoms with Crippen LogP contribution >= 0.6 is 11.6 Å². The predicted octanol–water partition coefficient (Wildman–Crippen LogP) is 1.94. The molecule has 0 spiro atoms. The van der Waals surface area contributed by atoms with E-state index in [4.69, 9.17) is 11.6 Å². The Morgan fingerprint density at radius 2 is 2.27 bits per heavy atom. The predicted molar refractivity (Wildman–Crippen MR) is 86.2 cm³/mol. The first kappa shape index (κ1) is 15.5. The highest BCUT2D eigenvalue weighted by Crippen LogP contribution is 2.26. The van der Waals surface area contributed by atoms with Crippen molar-refractivity contribution in [1.82, 2.24) is 14.3 Å². The standard InChI is InChI=1S/C16H20ClN3O2/c1-19(8-11-3-2-4-14(11)21)10-13-7-16(22)20-9-12(17)5-6-15(20)18-13/h5-7,9,11,14,21H,2-4,8,10H2,1H3. The van der Waals surface area contributed by atoms with Gasteiger partial charge in [0.2, 0.25) is 0 Å². The number of aliphatic hydroxyl groups is 1. The van der Waals surface area contributed by atoms with Crippen LogP contribution in [0.5, 0.6) is 0 Å². The van der Waals surface area contributed by atoms with Crippen molar-refractivity contribution in [3.05, 3.63) is 45.5 Å². The molecule has 1 saturated carbocycles. The van der Waals surface area contributed by atoms with Crippen molar-refractivity contribution in [2.24, 2.45) is 5.92 Å². The van der Waals surface area contributed by atoms with E-state index in [1.54, 1.807) is 24.4 Å². The zero-order valence-electron chi connectivity index (χ0n) is 12.6.